The van der Waals surface area contributed by atoms with E-state index in [0.717, 1.165) is 12.0 Å². The molecule has 0 unspecified atom stereocenters. The van der Waals surface area contributed by atoms with E-state index in [1.54, 1.807) is 35.4 Å². The molecule has 144 valence electrons. The first kappa shape index (κ1) is 18.4. The Labute approximate surface area is 163 Å². The van der Waals surface area contributed by atoms with Crippen molar-refractivity contribution in [2.45, 2.75) is 4.90 Å². The van der Waals surface area contributed by atoms with Crippen molar-refractivity contribution in [2.24, 2.45) is 0 Å². The summed E-state index contributed by atoms with van der Waals surface area (Å²) in [7, 11) is -3.59. The summed E-state index contributed by atoms with van der Waals surface area (Å²) in [6.07, 6.45) is 2.40. The molecule has 2 heterocycles. The van der Waals surface area contributed by atoms with Gasteiger partial charge in [0, 0.05) is 37.3 Å². The van der Waals surface area contributed by atoms with Gasteiger partial charge >= 0.3 is 0 Å². The number of nitrogens with zero attached hydrogens (tertiary/aromatic N) is 3. The molecule has 4 rings (SSSR count). The molecule has 0 N–H and O–H groups in total. The van der Waals surface area contributed by atoms with Crippen molar-refractivity contribution in [3.63, 3.8) is 0 Å². The second-order valence-corrected chi connectivity index (χ2v) is 8.40. The fourth-order valence-electron chi connectivity index (χ4n) is 3.11. The van der Waals surface area contributed by atoms with Gasteiger partial charge < -0.3 is 9.32 Å². The molecule has 1 aliphatic heterocycles. The lowest BCUT2D eigenvalue weighted by Gasteiger charge is -2.31. The van der Waals surface area contributed by atoms with Gasteiger partial charge in [-0.05, 0) is 24.3 Å². The normalized spacial score (nSPS) is 15.5. The van der Waals surface area contributed by atoms with Gasteiger partial charge in [-0.15, -0.1) is 0 Å². The lowest BCUT2D eigenvalue weighted by atomic mass is 10.2. The van der Waals surface area contributed by atoms with Crippen LogP contribution >= 0.6 is 0 Å². The highest BCUT2D eigenvalue weighted by atomic mass is 32.2. The molecule has 0 saturated carbocycles. The quantitative estimate of drug-likeness (QED) is 0.618. The molecule has 28 heavy (non-hydrogen) atoms. The van der Waals surface area contributed by atoms with Crippen molar-refractivity contribution in [2.75, 3.05) is 26.2 Å². The van der Waals surface area contributed by atoms with Crippen molar-refractivity contribution in [1.29, 1.82) is 0 Å². The highest BCUT2D eigenvalue weighted by Gasteiger charge is 2.28. The first-order valence-corrected chi connectivity index (χ1v) is 10.3. The molecule has 1 amide bonds. The number of rotatable bonds is 5. The zero-order chi connectivity index (χ0) is 19.6. The zero-order valence-electron chi connectivity index (χ0n) is 15.1. The number of sulfonamides is 1. The van der Waals surface area contributed by atoms with Gasteiger partial charge in [0.15, 0.2) is 5.76 Å². The van der Waals surface area contributed by atoms with Crippen LogP contribution in [0, 0.1) is 0 Å². The summed E-state index contributed by atoms with van der Waals surface area (Å²) in [5.41, 5.74) is 1.63. The van der Waals surface area contributed by atoms with E-state index in [4.69, 9.17) is 4.42 Å². The van der Waals surface area contributed by atoms with Gasteiger partial charge in [-0.25, -0.2) is 13.4 Å². The average molecular weight is 397 g/mol. The fraction of sp³-hybridized carbons (Fsp3) is 0.200. The van der Waals surface area contributed by atoms with Gasteiger partial charge in [0.25, 0.3) is 0 Å². The summed E-state index contributed by atoms with van der Waals surface area (Å²) < 4.78 is 32.8. The highest BCUT2D eigenvalue weighted by Crippen LogP contribution is 2.27. The topological polar surface area (TPSA) is 83.7 Å². The summed E-state index contributed by atoms with van der Waals surface area (Å²) in [6.45, 7) is 1.39. The van der Waals surface area contributed by atoms with E-state index in [9.17, 15) is 13.2 Å². The monoisotopic (exact) mass is 397 g/mol. The Morgan fingerprint density at radius 1 is 0.893 bits per heavy atom. The number of carbonyl (C=O) groups excluding carboxylic acids is 1. The average Bonchev–Trinajstić information content (AvgIpc) is 3.25. The minimum Gasteiger partial charge on any atom is -0.436 e. The van der Waals surface area contributed by atoms with Crippen LogP contribution in [0.4, 0.5) is 0 Å². The molecule has 0 spiro atoms. The minimum atomic E-state index is -3.59. The molecule has 2 aromatic carbocycles. The minimum absolute atomic E-state index is 0.214. The molecule has 1 saturated heterocycles. The Morgan fingerprint density at radius 2 is 1.57 bits per heavy atom. The molecule has 8 heteroatoms. The van der Waals surface area contributed by atoms with Crippen molar-refractivity contribution in [3.8, 4) is 22.8 Å². The predicted molar refractivity (Wildman–Crippen MR) is 104 cm³/mol. The largest absolute Gasteiger partial charge is 0.436 e. The van der Waals surface area contributed by atoms with Crippen LogP contribution in [-0.4, -0.2) is 55.2 Å². The zero-order valence-corrected chi connectivity index (χ0v) is 15.9. The van der Waals surface area contributed by atoms with Crippen molar-refractivity contribution in [1.82, 2.24) is 14.2 Å². The van der Waals surface area contributed by atoms with E-state index < -0.39 is 10.0 Å². The third-order valence-corrected chi connectivity index (χ3v) is 6.64. The Kier molecular flexibility index (Phi) is 4.97. The van der Waals surface area contributed by atoms with Gasteiger partial charge in [0.2, 0.25) is 22.3 Å². The SMILES string of the molecule is O=CN1CCN(S(=O)(=O)c2ccc(-c3ncc(-c4ccccc4)o3)cc2)CC1. The summed E-state index contributed by atoms with van der Waals surface area (Å²) in [4.78, 5) is 16.9. The Balaban J connectivity index is 1.53. The highest BCUT2D eigenvalue weighted by molar-refractivity contribution is 7.89. The fourth-order valence-corrected chi connectivity index (χ4v) is 4.53. The number of piperazine rings is 1. The van der Waals surface area contributed by atoms with Crippen molar-refractivity contribution >= 4 is 16.4 Å². The second kappa shape index (κ2) is 7.57. The smallest absolute Gasteiger partial charge is 0.243 e. The van der Waals surface area contributed by atoms with Crippen LogP contribution in [0.1, 0.15) is 0 Å². The van der Waals surface area contributed by atoms with E-state index in [0.29, 0.717) is 43.4 Å². The second-order valence-electron chi connectivity index (χ2n) is 6.47. The number of amides is 1. The molecule has 0 aliphatic carbocycles. The molecule has 7 nitrogen and oxygen atoms in total. The van der Waals surface area contributed by atoms with Crippen LogP contribution in [0.5, 0.6) is 0 Å². The molecule has 0 bridgehead atoms. The number of hydrogen-bond donors (Lipinski definition) is 0. The molecular formula is C20H19N3O4S. The van der Waals surface area contributed by atoms with E-state index in [2.05, 4.69) is 4.98 Å². The lowest BCUT2D eigenvalue weighted by Crippen LogP contribution is -2.47. The first-order valence-electron chi connectivity index (χ1n) is 8.89. The Hall–Kier alpha value is -2.97. The van der Waals surface area contributed by atoms with E-state index >= 15 is 0 Å². The van der Waals surface area contributed by atoms with Crippen LogP contribution < -0.4 is 0 Å². The molecule has 1 fully saturated rings. The maximum atomic E-state index is 12.8. The van der Waals surface area contributed by atoms with Gasteiger partial charge in [-0.3, -0.25) is 4.79 Å². The van der Waals surface area contributed by atoms with Crippen LogP contribution in [0.25, 0.3) is 22.8 Å². The van der Waals surface area contributed by atoms with Crippen LogP contribution in [0.3, 0.4) is 0 Å². The molecule has 1 aliphatic rings. The van der Waals surface area contributed by atoms with Crippen molar-refractivity contribution < 1.29 is 17.6 Å². The van der Waals surface area contributed by atoms with Crippen molar-refractivity contribution in [3.05, 3.63) is 60.8 Å². The molecule has 3 aromatic rings. The van der Waals surface area contributed by atoms with Crippen LogP contribution in [0.2, 0.25) is 0 Å². The molecule has 1 aromatic heterocycles. The van der Waals surface area contributed by atoms with Gasteiger partial charge in [-0.2, -0.15) is 4.31 Å². The number of hydrogen-bond acceptors (Lipinski definition) is 5. The first-order chi connectivity index (χ1) is 13.6. The molecule has 0 atom stereocenters. The van der Waals surface area contributed by atoms with E-state index in [1.807, 2.05) is 30.3 Å². The number of benzene rings is 2. The van der Waals surface area contributed by atoms with Crippen LogP contribution in [0.15, 0.2) is 70.1 Å². The third-order valence-electron chi connectivity index (χ3n) is 4.73. The Morgan fingerprint density at radius 3 is 2.21 bits per heavy atom. The third kappa shape index (κ3) is 3.56. The standard InChI is InChI=1S/C20H19N3O4S/c24-15-22-10-12-23(13-11-22)28(25,26)18-8-6-17(7-9-18)20-21-14-19(27-20)16-4-2-1-3-5-16/h1-9,14-15H,10-13H2. The van der Waals surface area contributed by atoms with Gasteiger partial charge in [0.1, 0.15) is 0 Å². The summed E-state index contributed by atoms with van der Waals surface area (Å²) in [5.74, 6) is 1.09. The number of aromatic nitrogens is 1. The maximum absolute atomic E-state index is 12.8. The number of carbonyl (C=O) groups is 1. The van der Waals surface area contributed by atoms with E-state index in [1.165, 1.54) is 4.31 Å². The molecule has 0 radical (unpaired) electrons. The van der Waals surface area contributed by atoms with E-state index in [-0.39, 0.29) is 4.90 Å². The van der Waals surface area contributed by atoms with Gasteiger partial charge in [0.05, 0.1) is 11.1 Å². The summed E-state index contributed by atoms with van der Waals surface area (Å²) in [6, 6.07) is 16.1. The summed E-state index contributed by atoms with van der Waals surface area (Å²) >= 11 is 0. The predicted octanol–water partition coefficient (Wildman–Crippen LogP) is 2.47. The Bertz CT molecular complexity index is 1050. The summed E-state index contributed by atoms with van der Waals surface area (Å²) in [5, 5.41) is 0. The van der Waals surface area contributed by atoms with Crippen LogP contribution in [-0.2, 0) is 14.8 Å². The van der Waals surface area contributed by atoms with Gasteiger partial charge in [-0.1, -0.05) is 30.3 Å². The maximum Gasteiger partial charge on any atom is 0.243 e. The lowest BCUT2D eigenvalue weighted by molar-refractivity contribution is -0.119. The number of oxazole rings is 1. The molecular weight excluding hydrogens is 378 g/mol.